The molecule has 5 heteroatoms. The zero-order valence-corrected chi connectivity index (χ0v) is 10.8. The molecule has 0 bridgehead atoms. The molecule has 0 spiro atoms. The summed E-state index contributed by atoms with van der Waals surface area (Å²) in [5.41, 5.74) is 7.14. The molecule has 5 nitrogen and oxygen atoms in total. The summed E-state index contributed by atoms with van der Waals surface area (Å²) in [4.78, 5) is 11.7. The SMILES string of the molecule is Nc1ccc(=O)n(Cc2ccn(C3CCCC3)n2)c1. The summed E-state index contributed by atoms with van der Waals surface area (Å²) in [5, 5.41) is 4.57. The van der Waals surface area contributed by atoms with Crippen LogP contribution in [0.15, 0.2) is 35.4 Å². The molecule has 0 aliphatic heterocycles. The third-order valence-corrected chi connectivity index (χ3v) is 3.70. The van der Waals surface area contributed by atoms with Crippen molar-refractivity contribution in [1.82, 2.24) is 14.3 Å². The van der Waals surface area contributed by atoms with Crippen LogP contribution in [0, 0.1) is 0 Å². The summed E-state index contributed by atoms with van der Waals surface area (Å²) in [7, 11) is 0. The quantitative estimate of drug-likeness (QED) is 0.912. The highest BCUT2D eigenvalue weighted by Crippen LogP contribution is 2.28. The first-order chi connectivity index (χ1) is 9.22. The Labute approximate surface area is 111 Å². The zero-order chi connectivity index (χ0) is 13.2. The Morgan fingerprint density at radius 1 is 1.26 bits per heavy atom. The minimum Gasteiger partial charge on any atom is -0.398 e. The number of rotatable bonds is 3. The van der Waals surface area contributed by atoms with Crippen molar-refractivity contribution in [2.75, 3.05) is 5.73 Å². The lowest BCUT2D eigenvalue weighted by atomic mass is 10.3. The van der Waals surface area contributed by atoms with Crippen LogP contribution in [-0.4, -0.2) is 14.3 Å². The van der Waals surface area contributed by atoms with Crippen molar-refractivity contribution in [3.05, 3.63) is 46.6 Å². The monoisotopic (exact) mass is 258 g/mol. The number of anilines is 1. The molecule has 1 aliphatic carbocycles. The van der Waals surface area contributed by atoms with E-state index in [9.17, 15) is 4.79 Å². The standard InChI is InChI=1S/C14H18N4O/c15-11-5-6-14(19)17(9-11)10-12-7-8-18(16-12)13-3-1-2-4-13/h5-9,13H,1-4,10,15H2. The number of hydrogen-bond donors (Lipinski definition) is 1. The Bertz CT molecular complexity index is 622. The summed E-state index contributed by atoms with van der Waals surface area (Å²) in [5.74, 6) is 0. The van der Waals surface area contributed by atoms with Gasteiger partial charge in [0.1, 0.15) is 0 Å². The second-order valence-corrected chi connectivity index (χ2v) is 5.15. The minimum absolute atomic E-state index is 0.0513. The van der Waals surface area contributed by atoms with Gasteiger partial charge in [-0.2, -0.15) is 5.10 Å². The number of pyridine rings is 1. The van der Waals surface area contributed by atoms with Crippen molar-refractivity contribution in [2.24, 2.45) is 0 Å². The number of hydrogen-bond acceptors (Lipinski definition) is 3. The Hall–Kier alpha value is -2.04. The molecule has 100 valence electrons. The lowest BCUT2D eigenvalue weighted by Crippen LogP contribution is -2.20. The van der Waals surface area contributed by atoms with Crippen LogP contribution in [0.2, 0.25) is 0 Å². The van der Waals surface area contributed by atoms with Crippen LogP contribution in [0.25, 0.3) is 0 Å². The molecule has 2 aromatic heterocycles. The van der Waals surface area contributed by atoms with E-state index < -0.39 is 0 Å². The largest absolute Gasteiger partial charge is 0.398 e. The van der Waals surface area contributed by atoms with Crippen LogP contribution in [-0.2, 0) is 6.54 Å². The van der Waals surface area contributed by atoms with Gasteiger partial charge in [0.25, 0.3) is 5.56 Å². The Morgan fingerprint density at radius 2 is 2.05 bits per heavy atom. The van der Waals surface area contributed by atoms with E-state index >= 15 is 0 Å². The van der Waals surface area contributed by atoms with Crippen LogP contribution in [0.1, 0.15) is 37.4 Å². The van der Waals surface area contributed by atoms with Gasteiger partial charge in [0.15, 0.2) is 0 Å². The molecule has 2 N–H and O–H groups in total. The van der Waals surface area contributed by atoms with E-state index in [1.807, 2.05) is 16.9 Å². The maximum Gasteiger partial charge on any atom is 0.251 e. The molecule has 0 aromatic carbocycles. The van der Waals surface area contributed by atoms with E-state index in [4.69, 9.17) is 5.73 Å². The van der Waals surface area contributed by atoms with Crippen molar-refractivity contribution in [1.29, 1.82) is 0 Å². The highest BCUT2D eigenvalue weighted by Gasteiger charge is 2.17. The second-order valence-electron chi connectivity index (χ2n) is 5.15. The predicted octanol–water partition coefficient (Wildman–Crippen LogP) is 1.79. The molecule has 2 aromatic rings. The first-order valence-electron chi connectivity index (χ1n) is 6.72. The van der Waals surface area contributed by atoms with Crippen LogP contribution in [0.5, 0.6) is 0 Å². The topological polar surface area (TPSA) is 65.8 Å². The lowest BCUT2D eigenvalue weighted by molar-refractivity contribution is 0.461. The number of nitrogens with zero attached hydrogens (tertiary/aromatic N) is 3. The van der Waals surface area contributed by atoms with Crippen molar-refractivity contribution < 1.29 is 0 Å². The van der Waals surface area contributed by atoms with Gasteiger partial charge in [-0.1, -0.05) is 12.8 Å². The maximum atomic E-state index is 11.7. The van der Waals surface area contributed by atoms with E-state index in [0.29, 0.717) is 18.3 Å². The number of aromatic nitrogens is 3. The molecule has 2 heterocycles. The van der Waals surface area contributed by atoms with Gasteiger partial charge in [0.2, 0.25) is 0 Å². The van der Waals surface area contributed by atoms with Crippen molar-refractivity contribution in [2.45, 2.75) is 38.3 Å². The summed E-state index contributed by atoms with van der Waals surface area (Å²) in [6.45, 7) is 0.476. The smallest absolute Gasteiger partial charge is 0.251 e. The summed E-state index contributed by atoms with van der Waals surface area (Å²) >= 11 is 0. The lowest BCUT2D eigenvalue weighted by Gasteiger charge is -2.09. The van der Waals surface area contributed by atoms with Crippen LogP contribution < -0.4 is 11.3 Å². The van der Waals surface area contributed by atoms with Gasteiger partial charge in [0, 0.05) is 24.1 Å². The fraction of sp³-hybridized carbons (Fsp3) is 0.429. The van der Waals surface area contributed by atoms with E-state index in [1.165, 1.54) is 31.7 Å². The van der Waals surface area contributed by atoms with Gasteiger partial charge in [-0.05, 0) is 25.0 Å². The summed E-state index contributed by atoms with van der Waals surface area (Å²) in [6, 6.07) is 5.62. The van der Waals surface area contributed by atoms with Crippen molar-refractivity contribution >= 4 is 5.69 Å². The number of nitrogens with two attached hydrogens (primary N) is 1. The normalized spacial score (nSPS) is 16.0. The summed E-state index contributed by atoms with van der Waals surface area (Å²) < 4.78 is 3.64. The van der Waals surface area contributed by atoms with Crippen LogP contribution in [0.3, 0.4) is 0 Å². The molecular formula is C14H18N4O. The van der Waals surface area contributed by atoms with E-state index in [0.717, 1.165) is 5.69 Å². The van der Waals surface area contributed by atoms with Crippen LogP contribution >= 0.6 is 0 Å². The fourth-order valence-corrected chi connectivity index (χ4v) is 2.68. The third kappa shape index (κ3) is 2.54. The molecule has 0 unspecified atom stereocenters. The Kier molecular flexibility index (Phi) is 3.11. The van der Waals surface area contributed by atoms with Gasteiger partial charge in [-0.15, -0.1) is 0 Å². The summed E-state index contributed by atoms with van der Waals surface area (Å²) in [6.07, 6.45) is 8.67. The van der Waals surface area contributed by atoms with Gasteiger partial charge in [0.05, 0.1) is 18.3 Å². The van der Waals surface area contributed by atoms with Crippen molar-refractivity contribution in [3.63, 3.8) is 0 Å². The van der Waals surface area contributed by atoms with Gasteiger partial charge >= 0.3 is 0 Å². The minimum atomic E-state index is -0.0513. The molecule has 1 aliphatic rings. The van der Waals surface area contributed by atoms with E-state index in [1.54, 1.807) is 16.8 Å². The van der Waals surface area contributed by atoms with Crippen LogP contribution in [0.4, 0.5) is 5.69 Å². The highest BCUT2D eigenvalue weighted by molar-refractivity contribution is 5.33. The highest BCUT2D eigenvalue weighted by atomic mass is 16.1. The first kappa shape index (κ1) is 12.0. The maximum absolute atomic E-state index is 11.7. The fourth-order valence-electron chi connectivity index (χ4n) is 2.68. The molecule has 0 atom stereocenters. The number of nitrogen functional groups attached to an aromatic ring is 1. The van der Waals surface area contributed by atoms with E-state index in [2.05, 4.69) is 5.10 Å². The molecular weight excluding hydrogens is 240 g/mol. The third-order valence-electron chi connectivity index (χ3n) is 3.70. The molecule has 1 saturated carbocycles. The molecule has 3 rings (SSSR count). The Morgan fingerprint density at radius 3 is 2.84 bits per heavy atom. The molecule has 1 fully saturated rings. The average Bonchev–Trinajstić information content (AvgIpc) is 3.04. The molecule has 0 saturated heterocycles. The predicted molar refractivity (Wildman–Crippen MR) is 73.9 cm³/mol. The first-order valence-corrected chi connectivity index (χ1v) is 6.72. The molecule has 19 heavy (non-hydrogen) atoms. The molecule has 0 amide bonds. The van der Waals surface area contributed by atoms with Gasteiger partial charge in [-0.3, -0.25) is 9.48 Å². The van der Waals surface area contributed by atoms with Gasteiger partial charge in [-0.25, -0.2) is 0 Å². The Balaban J connectivity index is 1.79. The zero-order valence-electron chi connectivity index (χ0n) is 10.8. The average molecular weight is 258 g/mol. The van der Waals surface area contributed by atoms with Gasteiger partial charge < -0.3 is 10.3 Å². The van der Waals surface area contributed by atoms with Crippen molar-refractivity contribution in [3.8, 4) is 0 Å². The van der Waals surface area contributed by atoms with E-state index in [-0.39, 0.29) is 5.56 Å². The molecule has 0 radical (unpaired) electrons. The second kappa shape index (κ2) is 4.91.